The van der Waals surface area contributed by atoms with Crippen LogP contribution in [0, 0.1) is 0 Å². The third-order valence-corrected chi connectivity index (χ3v) is 2.96. The minimum atomic E-state index is -0.982. The summed E-state index contributed by atoms with van der Waals surface area (Å²) in [4.78, 5) is 21.1. The molecular formula is C14H25NO4. The molecule has 0 amide bonds. The van der Waals surface area contributed by atoms with Crippen molar-refractivity contribution in [1.82, 2.24) is 0 Å². The van der Waals surface area contributed by atoms with E-state index in [2.05, 4.69) is 20.7 Å². The molecule has 0 aliphatic rings. The first-order valence-electron chi connectivity index (χ1n) is 6.68. The highest BCUT2D eigenvalue weighted by Crippen LogP contribution is 2.06. The zero-order chi connectivity index (χ0) is 14.7. The maximum atomic E-state index is 10.8. The van der Waals surface area contributed by atoms with Crippen LogP contribution in [-0.2, 0) is 14.3 Å². The van der Waals surface area contributed by atoms with Crippen LogP contribution in [0.15, 0.2) is 12.7 Å². The van der Waals surface area contributed by atoms with E-state index in [9.17, 15) is 14.7 Å². The maximum Gasteiger partial charge on any atom is 0.330 e. The number of carboxylic acid groups (broad SMARTS) is 1. The number of rotatable bonds is 11. The zero-order valence-electron chi connectivity index (χ0n) is 12.0. The monoisotopic (exact) mass is 271 g/mol. The lowest BCUT2D eigenvalue weighted by molar-refractivity contribution is -0.890. The second-order valence-corrected chi connectivity index (χ2v) is 5.29. The molecule has 0 N–H and O–H groups in total. The number of unbranched alkanes of at least 4 members (excludes halogenated alkanes) is 2. The van der Waals surface area contributed by atoms with Gasteiger partial charge in [-0.1, -0.05) is 6.58 Å². The van der Waals surface area contributed by atoms with E-state index in [4.69, 9.17) is 4.74 Å². The number of quaternary nitrogens is 1. The molecular weight excluding hydrogens is 246 g/mol. The summed E-state index contributed by atoms with van der Waals surface area (Å²) < 4.78 is 5.69. The van der Waals surface area contributed by atoms with Crippen molar-refractivity contribution in [3.05, 3.63) is 12.7 Å². The van der Waals surface area contributed by atoms with Crippen molar-refractivity contribution in [2.75, 3.05) is 33.8 Å². The van der Waals surface area contributed by atoms with E-state index in [0.29, 0.717) is 13.0 Å². The van der Waals surface area contributed by atoms with Crippen molar-refractivity contribution in [2.45, 2.75) is 32.1 Å². The van der Waals surface area contributed by atoms with Gasteiger partial charge in [-0.3, -0.25) is 0 Å². The number of nitrogens with zero attached hydrogens (tertiary/aromatic N) is 1. The van der Waals surface area contributed by atoms with E-state index in [1.807, 2.05) is 0 Å². The van der Waals surface area contributed by atoms with Crippen molar-refractivity contribution < 1.29 is 23.9 Å². The first-order chi connectivity index (χ1) is 8.87. The van der Waals surface area contributed by atoms with Gasteiger partial charge >= 0.3 is 5.97 Å². The fraction of sp³-hybridized carbons (Fsp3) is 0.714. The summed E-state index contributed by atoms with van der Waals surface area (Å²) in [5.41, 5.74) is 0. The molecule has 19 heavy (non-hydrogen) atoms. The van der Waals surface area contributed by atoms with Crippen LogP contribution in [0.5, 0.6) is 0 Å². The summed E-state index contributed by atoms with van der Waals surface area (Å²) in [5.74, 6) is -1.36. The van der Waals surface area contributed by atoms with Crippen LogP contribution in [0.1, 0.15) is 32.1 Å². The van der Waals surface area contributed by atoms with Crippen LogP contribution in [0.4, 0.5) is 0 Å². The van der Waals surface area contributed by atoms with E-state index >= 15 is 0 Å². The maximum absolute atomic E-state index is 10.8. The number of carbonyl (C=O) groups excluding carboxylic acids is 2. The molecule has 0 aliphatic carbocycles. The van der Waals surface area contributed by atoms with E-state index in [0.717, 1.165) is 42.9 Å². The van der Waals surface area contributed by atoms with E-state index in [1.54, 1.807) is 0 Å². The third kappa shape index (κ3) is 11.5. The van der Waals surface area contributed by atoms with Gasteiger partial charge in [0.1, 0.15) is 0 Å². The molecule has 5 nitrogen and oxygen atoms in total. The average molecular weight is 271 g/mol. The summed E-state index contributed by atoms with van der Waals surface area (Å²) in [6.07, 6.45) is 4.80. The first-order valence-corrected chi connectivity index (χ1v) is 6.68. The summed E-state index contributed by atoms with van der Waals surface area (Å²) in [5, 5.41) is 10.3. The summed E-state index contributed by atoms with van der Waals surface area (Å²) in [6.45, 7) is 5.58. The first kappa shape index (κ1) is 17.6. The number of ether oxygens (including phenoxy) is 1. The quantitative estimate of drug-likeness (QED) is 0.237. The van der Waals surface area contributed by atoms with Gasteiger partial charge in [0, 0.05) is 18.5 Å². The largest absolute Gasteiger partial charge is 0.550 e. The Labute approximate surface area is 115 Å². The van der Waals surface area contributed by atoms with Crippen LogP contribution < -0.4 is 5.11 Å². The van der Waals surface area contributed by atoms with Crippen molar-refractivity contribution in [3.8, 4) is 0 Å². The fourth-order valence-corrected chi connectivity index (χ4v) is 1.81. The second kappa shape index (κ2) is 9.55. The Balaban J connectivity index is 3.54. The molecule has 0 bridgehead atoms. The van der Waals surface area contributed by atoms with Crippen molar-refractivity contribution in [1.29, 1.82) is 0 Å². The molecule has 5 heteroatoms. The van der Waals surface area contributed by atoms with Gasteiger partial charge in [-0.05, 0) is 25.7 Å². The van der Waals surface area contributed by atoms with Crippen LogP contribution in [0.3, 0.4) is 0 Å². The molecule has 0 saturated heterocycles. The third-order valence-electron chi connectivity index (χ3n) is 2.96. The fourth-order valence-electron chi connectivity index (χ4n) is 1.81. The second-order valence-electron chi connectivity index (χ2n) is 5.29. The van der Waals surface area contributed by atoms with E-state index in [1.165, 1.54) is 0 Å². The predicted molar refractivity (Wildman–Crippen MR) is 71.1 cm³/mol. The molecule has 0 aromatic carbocycles. The normalized spacial score (nSPS) is 11.1. The highest BCUT2D eigenvalue weighted by Gasteiger charge is 2.13. The highest BCUT2D eigenvalue weighted by molar-refractivity contribution is 5.81. The molecule has 0 aliphatic heterocycles. The smallest absolute Gasteiger partial charge is 0.330 e. The van der Waals surface area contributed by atoms with E-state index < -0.39 is 5.97 Å². The lowest BCUT2D eigenvalue weighted by atomic mass is 10.2. The molecule has 0 heterocycles. The number of aliphatic carboxylic acids is 1. The van der Waals surface area contributed by atoms with Crippen LogP contribution in [-0.4, -0.2) is 50.2 Å². The van der Waals surface area contributed by atoms with Gasteiger partial charge in [-0.2, -0.15) is 0 Å². The van der Waals surface area contributed by atoms with Gasteiger partial charge < -0.3 is 19.1 Å². The molecule has 0 unspecified atom stereocenters. The molecule has 0 spiro atoms. The summed E-state index contributed by atoms with van der Waals surface area (Å²) in [6, 6.07) is 0. The van der Waals surface area contributed by atoms with Crippen molar-refractivity contribution in [3.63, 3.8) is 0 Å². The molecule has 0 aromatic heterocycles. The van der Waals surface area contributed by atoms with Gasteiger partial charge in [0.2, 0.25) is 0 Å². The van der Waals surface area contributed by atoms with Gasteiger partial charge in [-0.25, -0.2) is 4.79 Å². The molecule has 0 radical (unpaired) electrons. The Hall–Kier alpha value is -1.36. The van der Waals surface area contributed by atoms with Gasteiger partial charge in [0.25, 0.3) is 0 Å². The standard InChI is InChI=1S/C14H25NO4/c1-4-14(18)19-12-7-5-6-10-15(2,3)11-8-9-13(16)17/h4H,1,5-12H2,2-3H3. The SMILES string of the molecule is C=CC(=O)OCCCCC[N+](C)(C)CCCC(=O)[O-]. The number of hydrogen-bond acceptors (Lipinski definition) is 4. The number of carbonyl (C=O) groups is 2. The molecule has 0 rings (SSSR count). The molecule has 0 saturated carbocycles. The lowest BCUT2D eigenvalue weighted by Crippen LogP contribution is -2.41. The molecule has 0 atom stereocenters. The molecule has 0 fully saturated rings. The summed E-state index contributed by atoms with van der Waals surface area (Å²) in [7, 11) is 4.18. The van der Waals surface area contributed by atoms with Crippen LogP contribution in [0.25, 0.3) is 0 Å². The lowest BCUT2D eigenvalue weighted by Gasteiger charge is -2.30. The zero-order valence-corrected chi connectivity index (χ0v) is 12.0. The highest BCUT2D eigenvalue weighted by atomic mass is 16.5. The van der Waals surface area contributed by atoms with Crippen LogP contribution >= 0.6 is 0 Å². The number of esters is 1. The average Bonchev–Trinajstić information content (AvgIpc) is 2.32. The molecule has 110 valence electrons. The van der Waals surface area contributed by atoms with Crippen molar-refractivity contribution >= 4 is 11.9 Å². The van der Waals surface area contributed by atoms with Gasteiger partial charge in [0.15, 0.2) is 0 Å². The Morgan fingerprint density at radius 2 is 1.79 bits per heavy atom. The Kier molecular flexibility index (Phi) is 8.87. The Morgan fingerprint density at radius 1 is 1.16 bits per heavy atom. The predicted octanol–water partition coefficient (Wildman–Crippen LogP) is 0.492. The summed E-state index contributed by atoms with van der Waals surface area (Å²) >= 11 is 0. The minimum absolute atomic E-state index is 0.124. The number of carboxylic acids is 1. The van der Waals surface area contributed by atoms with Gasteiger partial charge in [0.05, 0.1) is 33.8 Å². The topological polar surface area (TPSA) is 66.4 Å². The minimum Gasteiger partial charge on any atom is -0.550 e. The van der Waals surface area contributed by atoms with Crippen molar-refractivity contribution in [2.24, 2.45) is 0 Å². The van der Waals surface area contributed by atoms with Gasteiger partial charge in [-0.15, -0.1) is 0 Å². The molecule has 0 aromatic rings. The Bertz CT molecular complexity index is 300. The Morgan fingerprint density at radius 3 is 2.37 bits per heavy atom. The van der Waals surface area contributed by atoms with Crippen LogP contribution in [0.2, 0.25) is 0 Å². The van der Waals surface area contributed by atoms with E-state index in [-0.39, 0.29) is 12.4 Å². The number of hydrogen-bond donors (Lipinski definition) is 0.